The first-order chi connectivity index (χ1) is 10.1. The number of carbonyl (C=O) groups excluding carboxylic acids is 1. The number of carbonyl (C=O) groups is 1. The van der Waals surface area contributed by atoms with Gasteiger partial charge in [-0.3, -0.25) is 4.79 Å². The number of aromatic nitrogens is 1. The summed E-state index contributed by atoms with van der Waals surface area (Å²) in [5.74, 6) is 0.0970. The summed E-state index contributed by atoms with van der Waals surface area (Å²) in [7, 11) is 1.86. The van der Waals surface area contributed by atoms with Crippen molar-refractivity contribution >= 4 is 17.2 Å². The zero-order valence-electron chi connectivity index (χ0n) is 12.3. The Morgan fingerprint density at radius 3 is 3.10 bits per heavy atom. The quantitative estimate of drug-likeness (QED) is 0.946. The molecule has 0 atom stereocenters. The minimum absolute atomic E-state index is 0.0970. The lowest BCUT2D eigenvalue weighted by Crippen LogP contribution is -2.30. The molecule has 1 amide bonds. The number of nitrogens with zero attached hydrogens (tertiary/aromatic N) is 2. The fourth-order valence-electron chi connectivity index (χ4n) is 2.72. The molecule has 0 saturated heterocycles. The standard InChI is InChI=1S/C16H19N3OS/c1-11-18-9-13(21-11)10-19(2)16(20)15-5-3-4-12-8-17-7-6-14(12)15/h3-5,9,17H,6-8,10H2,1-2H3. The molecule has 2 heterocycles. The molecule has 1 aromatic carbocycles. The molecule has 0 bridgehead atoms. The lowest BCUT2D eigenvalue weighted by molar-refractivity contribution is 0.0785. The summed E-state index contributed by atoms with van der Waals surface area (Å²) in [5.41, 5.74) is 3.29. The number of aryl methyl sites for hydroxylation is 1. The van der Waals surface area contributed by atoms with Crippen molar-refractivity contribution in [2.45, 2.75) is 26.4 Å². The molecule has 2 aromatic rings. The second-order valence-corrected chi connectivity index (χ2v) is 6.70. The van der Waals surface area contributed by atoms with Gasteiger partial charge in [0.2, 0.25) is 0 Å². The highest BCUT2D eigenvalue weighted by Gasteiger charge is 2.20. The van der Waals surface area contributed by atoms with Gasteiger partial charge in [-0.15, -0.1) is 11.3 Å². The summed E-state index contributed by atoms with van der Waals surface area (Å²) in [4.78, 5) is 19.9. The topological polar surface area (TPSA) is 45.2 Å². The van der Waals surface area contributed by atoms with Gasteiger partial charge in [0.05, 0.1) is 11.6 Å². The molecule has 5 heteroatoms. The predicted molar refractivity (Wildman–Crippen MR) is 84.5 cm³/mol. The molecule has 0 radical (unpaired) electrons. The molecule has 21 heavy (non-hydrogen) atoms. The van der Waals surface area contributed by atoms with Crippen LogP contribution in [0.4, 0.5) is 0 Å². The van der Waals surface area contributed by atoms with Crippen molar-refractivity contribution in [3.8, 4) is 0 Å². The highest BCUT2D eigenvalue weighted by molar-refractivity contribution is 7.11. The van der Waals surface area contributed by atoms with E-state index in [1.54, 1.807) is 16.2 Å². The molecule has 1 aliphatic rings. The van der Waals surface area contributed by atoms with Crippen molar-refractivity contribution < 1.29 is 4.79 Å². The Morgan fingerprint density at radius 1 is 1.48 bits per heavy atom. The number of amides is 1. The first kappa shape index (κ1) is 14.2. The van der Waals surface area contributed by atoms with Crippen LogP contribution in [0, 0.1) is 6.92 Å². The molecular formula is C16H19N3OS. The second-order valence-electron chi connectivity index (χ2n) is 5.38. The average molecular weight is 301 g/mol. The number of rotatable bonds is 3. The van der Waals surface area contributed by atoms with Crippen LogP contribution in [0.15, 0.2) is 24.4 Å². The number of fused-ring (bicyclic) bond motifs is 1. The van der Waals surface area contributed by atoms with Gasteiger partial charge in [-0.25, -0.2) is 4.98 Å². The lowest BCUT2D eigenvalue weighted by Gasteiger charge is -2.23. The van der Waals surface area contributed by atoms with Gasteiger partial charge in [-0.1, -0.05) is 12.1 Å². The van der Waals surface area contributed by atoms with Gasteiger partial charge in [-0.2, -0.15) is 0 Å². The Labute approximate surface area is 128 Å². The van der Waals surface area contributed by atoms with Crippen LogP contribution < -0.4 is 5.32 Å². The molecule has 0 fully saturated rings. The van der Waals surface area contributed by atoms with Crippen LogP contribution in [-0.4, -0.2) is 29.4 Å². The highest BCUT2D eigenvalue weighted by atomic mass is 32.1. The van der Waals surface area contributed by atoms with Crippen molar-refractivity contribution in [1.29, 1.82) is 0 Å². The number of thiazole rings is 1. The largest absolute Gasteiger partial charge is 0.336 e. The zero-order chi connectivity index (χ0) is 14.8. The summed E-state index contributed by atoms with van der Waals surface area (Å²) in [5, 5.41) is 4.38. The maximum Gasteiger partial charge on any atom is 0.254 e. The van der Waals surface area contributed by atoms with Crippen LogP contribution in [0.2, 0.25) is 0 Å². The zero-order valence-corrected chi connectivity index (χ0v) is 13.2. The maximum absolute atomic E-state index is 12.7. The Morgan fingerprint density at radius 2 is 2.33 bits per heavy atom. The summed E-state index contributed by atoms with van der Waals surface area (Å²) in [6.45, 7) is 4.39. The first-order valence-electron chi connectivity index (χ1n) is 7.13. The van der Waals surface area contributed by atoms with Gasteiger partial charge in [0.25, 0.3) is 5.91 Å². The Hall–Kier alpha value is -1.72. The maximum atomic E-state index is 12.7. The SMILES string of the molecule is Cc1ncc(CN(C)C(=O)c2cccc3c2CCNC3)s1. The van der Waals surface area contributed by atoms with Gasteiger partial charge >= 0.3 is 0 Å². The van der Waals surface area contributed by atoms with E-state index in [4.69, 9.17) is 0 Å². The van der Waals surface area contributed by atoms with Crippen molar-refractivity contribution in [2.75, 3.05) is 13.6 Å². The average Bonchev–Trinajstić information content (AvgIpc) is 2.91. The first-order valence-corrected chi connectivity index (χ1v) is 7.95. The molecule has 1 aromatic heterocycles. The third kappa shape index (κ3) is 2.99. The molecule has 3 rings (SSSR count). The van der Waals surface area contributed by atoms with E-state index in [0.29, 0.717) is 6.54 Å². The van der Waals surface area contributed by atoms with Crippen molar-refractivity contribution in [1.82, 2.24) is 15.2 Å². The van der Waals surface area contributed by atoms with Crippen LogP contribution >= 0.6 is 11.3 Å². The van der Waals surface area contributed by atoms with E-state index in [2.05, 4.69) is 16.4 Å². The fraction of sp³-hybridized carbons (Fsp3) is 0.375. The van der Waals surface area contributed by atoms with Crippen LogP contribution in [-0.2, 0) is 19.5 Å². The van der Waals surface area contributed by atoms with Gasteiger partial charge < -0.3 is 10.2 Å². The van der Waals surface area contributed by atoms with Crippen molar-refractivity contribution in [2.24, 2.45) is 0 Å². The smallest absolute Gasteiger partial charge is 0.254 e. The van der Waals surface area contributed by atoms with Gasteiger partial charge in [-0.05, 0) is 37.1 Å². The molecule has 110 valence electrons. The van der Waals surface area contributed by atoms with Crippen LogP contribution in [0.25, 0.3) is 0 Å². The predicted octanol–water partition coefficient (Wildman–Crippen LogP) is 2.37. The summed E-state index contributed by atoms with van der Waals surface area (Å²) < 4.78 is 0. The molecule has 0 spiro atoms. The molecule has 0 unspecified atom stereocenters. The molecule has 1 N–H and O–H groups in total. The molecule has 1 aliphatic heterocycles. The van der Waals surface area contributed by atoms with Crippen molar-refractivity contribution in [3.63, 3.8) is 0 Å². The monoisotopic (exact) mass is 301 g/mol. The van der Waals surface area contributed by atoms with Crippen LogP contribution in [0.5, 0.6) is 0 Å². The Balaban J connectivity index is 1.81. The third-order valence-corrected chi connectivity index (χ3v) is 4.68. The Kier molecular flexibility index (Phi) is 4.03. The molecule has 0 saturated carbocycles. The molecular weight excluding hydrogens is 282 g/mol. The summed E-state index contributed by atoms with van der Waals surface area (Å²) in [6.07, 6.45) is 2.78. The van der Waals surface area contributed by atoms with Gasteiger partial charge in [0.15, 0.2) is 0 Å². The Bertz CT molecular complexity index is 665. The normalized spacial score (nSPS) is 13.8. The fourth-order valence-corrected chi connectivity index (χ4v) is 3.57. The summed E-state index contributed by atoms with van der Waals surface area (Å²) in [6, 6.07) is 6.02. The van der Waals surface area contributed by atoms with Gasteiger partial charge in [0, 0.05) is 30.2 Å². The number of hydrogen-bond donors (Lipinski definition) is 1. The number of hydrogen-bond acceptors (Lipinski definition) is 4. The third-order valence-electron chi connectivity index (χ3n) is 3.78. The van der Waals surface area contributed by atoms with E-state index < -0.39 is 0 Å². The second kappa shape index (κ2) is 5.95. The van der Waals surface area contributed by atoms with Crippen LogP contribution in [0.3, 0.4) is 0 Å². The molecule has 4 nitrogen and oxygen atoms in total. The van der Waals surface area contributed by atoms with E-state index in [1.807, 2.05) is 32.3 Å². The van der Waals surface area contributed by atoms with E-state index in [1.165, 1.54) is 11.1 Å². The number of nitrogens with one attached hydrogen (secondary N) is 1. The highest BCUT2D eigenvalue weighted by Crippen LogP contribution is 2.21. The van der Waals surface area contributed by atoms with Crippen LogP contribution in [0.1, 0.15) is 31.4 Å². The van der Waals surface area contributed by atoms with Crippen molar-refractivity contribution in [3.05, 3.63) is 51.0 Å². The lowest BCUT2D eigenvalue weighted by atomic mass is 9.95. The van der Waals surface area contributed by atoms with Gasteiger partial charge in [0.1, 0.15) is 0 Å². The van der Waals surface area contributed by atoms with E-state index >= 15 is 0 Å². The summed E-state index contributed by atoms with van der Waals surface area (Å²) >= 11 is 1.64. The van der Waals surface area contributed by atoms with E-state index in [9.17, 15) is 4.79 Å². The minimum Gasteiger partial charge on any atom is -0.336 e. The number of benzene rings is 1. The van der Waals surface area contributed by atoms with E-state index in [0.717, 1.165) is 35.0 Å². The molecule has 0 aliphatic carbocycles. The minimum atomic E-state index is 0.0970. The van der Waals surface area contributed by atoms with E-state index in [-0.39, 0.29) is 5.91 Å².